The van der Waals surface area contributed by atoms with Gasteiger partial charge in [0.1, 0.15) is 29.2 Å². The van der Waals surface area contributed by atoms with Crippen LogP contribution in [0.3, 0.4) is 0 Å². The zero-order chi connectivity index (χ0) is 46.2. The lowest BCUT2D eigenvalue weighted by Gasteiger charge is -2.35. The lowest BCUT2D eigenvalue weighted by atomic mass is 9.85. The number of pyridine rings is 1. The molecule has 0 bridgehead atoms. The number of aromatic nitrogens is 4. The summed E-state index contributed by atoms with van der Waals surface area (Å²) < 4.78 is 32.1. The molecule has 3 atom stereocenters. The second kappa shape index (κ2) is 20.4. The summed E-state index contributed by atoms with van der Waals surface area (Å²) in [6.07, 6.45) is 1.84. The Balaban J connectivity index is 0.958. The molecule has 3 aromatic heterocycles. The highest BCUT2D eigenvalue weighted by molar-refractivity contribution is 7.92. The van der Waals surface area contributed by atoms with Crippen molar-refractivity contribution in [2.75, 3.05) is 28.9 Å². The molecule has 8 N–H and O–H groups in total. The molecule has 2 aromatic carbocycles. The number of hydrogen-bond donors (Lipinski definition) is 7. The number of rotatable bonds is 19. The summed E-state index contributed by atoms with van der Waals surface area (Å²) in [6, 6.07) is 15.7. The van der Waals surface area contributed by atoms with E-state index < -0.39 is 45.4 Å². The van der Waals surface area contributed by atoms with Crippen LogP contribution in [0.25, 0.3) is 21.7 Å². The molecule has 20 heteroatoms. The number of amides is 4. The zero-order valence-corrected chi connectivity index (χ0v) is 37.9. The minimum absolute atomic E-state index is 0.0190. The number of aryl methyl sites for hydroxylation is 1. The largest absolute Gasteiger partial charge is 0.492 e. The molecule has 0 spiro atoms. The fraction of sp³-hybridized carbons (Fsp3) is 0.386. The summed E-state index contributed by atoms with van der Waals surface area (Å²) in [5.74, 6) is -0.973. The van der Waals surface area contributed by atoms with E-state index in [0.717, 1.165) is 21.7 Å². The van der Waals surface area contributed by atoms with Gasteiger partial charge in [0.25, 0.3) is 5.91 Å². The van der Waals surface area contributed by atoms with Crippen molar-refractivity contribution in [1.82, 2.24) is 35.7 Å². The molecule has 18 nitrogen and oxygen atoms in total. The Bertz CT molecular complexity index is 2540. The van der Waals surface area contributed by atoms with Gasteiger partial charge in [0.15, 0.2) is 5.82 Å². The highest BCUT2D eigenvalue weighted by Crippen LogP contribution is 2.31. The molecule has 1 aliphatic rings. The Hall–Kier alpha value is -6.38. The number of nitrogens with zero attached hydrogens (tertiary/aromatic N) is 4. The predicted octanol–water partition coefficient (Wildman–Crippen LogP) is 4.87. The third-order valence-corrected chi connectivity index (χ3v) is 12.9. The first-order valence-electron chi connectivity index (χ1n) is 20.8. The van der Waals surface area contributed by atoms with Gasteiger partial charge in [-0.05, 0) is 67.5 Å². The minimum atomic E-state index is -3.46. The van der Waals surface area contributed by atoms with E-state index in [1.54, 1.807) is 53.2 Å². The average molecular weight is 915 g/mol. The Labute approximate surface area is 375 Å². The van der Waals surface area contributed by atoms with Crippen molar-refractivity contribution in [3.63, 3.8) is 0 Å². The van der Waals surface area contributed by atoms with Gasteiger partial charge in [-0.25, -0.2) is 18.4 Å². The number of benzene rings is 2. The van der Waals surface area contributed by atoms with Crippen LogP contribution < -0.4 is 31.1 Å². The van der Waals surface area contributed by atoms with Crippen LogP contribution >= 0.6 is 11.3 Å². The number of nitrogens with one attached hydrogen (secondary N) is 5. The Morgan fingerprint density at radius 1 is 1.02 bits per heavy atom. The monoisotopic (exact) mass is 914 g/mol. The van der Waals surface area contributed by atoms with Crippen molar-refractivity contribution in [1.29, 1.82) is 0 Å². The summed E-state index contributed by atoms with van der Waals surface area (Å²) >= 11 is 1.56. The number of aliphatic hydroxyl groups is 1. The maximum absolute atomic E-state index is 14.0. The molecule has 5 aromatic rings. The summed E-state index contributed by atoms with van der Waals surface area (Å²) in [4.78, 5) is 64.2. The smallest absolute Gasteiger partial charge is 0.254 e. The maximum atomic E-state index is 14.0. The van der Waals surface area contributed by atoms with Crippen molar-refractivity contribution in [3.8, 4) is 27.4 Å². The van der Waals surface area contributed by atoms with Crippen LogP contribution in [0.15, 0.2) is 72.4 Å². The number of β-amino-alcohol motifs (C(OH)–C–C–N with tert-alkyl or cyclic N) is 1. The SMILES string of the molecule is CCS(=O)(=O)Nc1ccc(-c2[nH]nc(Nc3ccc(OCCCCC(=O)NC(C(=O)N4C[C@H](O)C[C@H]4C(=O)NCc4ccc(-c5scnc5C)cc4)C(C)(C)C)cn3)c2C(N)=O)cc1. The highest BCUT2D eigenvalue weighted by atomic mass is 32.2. The third-order valence-electron chi connectivity index (χ3n) is 10.6. The number of ether oxygens (including phenoxy) is 1. The van der Waals surface area contributed by atoms with Crippen LogP contribution in [0, 0.1) is 12.3 Å². The number of primary amides is 1. The maximum Gasteiger partial charge on any atom is 0.254 e. The van der Waals surface area contributed by atoms with Crippen molar-refractivity contribution >= 4 is 62.3 Å². The van der Waals surface area contributed by atoms with Gasteiger partial charge < -0.3 is 36.4 Å². The average Bonchev–Trinajstić information content (AvgIpc) is 4.00. The van der Waals surface area contributed by atoms with E-state index in [2.05, 4.69) is 40.8 Å². The standard InChI is InChI=1S/C44H54N10O8S2/c1-6-64(60,61)53-30-16-14-28(15-17-30)37-36(40(45)57)41(52-51-37)49-34-19-18-32(23-46-34)62-20-8-7-9-35(56)50-39(44(3,4)5)43(59)54-24-31(55)21-33(54)42(58)47-22-27-10-12-29(13-11-27)38-26(2)48-25-63-38/h10-19,23,25,31,33,39,53,55H,6-9,20-22,24H2,1-5H3,(H2,45,57)(H,47,58)(H,50,56)(H2,46,49,51,52)/t31-,33+,39?/m1/s1. The van der Waals surface area contributed by atoms with Crippen LogP contribution in [0.1, 0.15) is 75.0 Å². The molecule has 1 unspecified atom stereocenters. The van der Waals surface area contributed by atoms with Crippen LogP contribution in [0.4, 0.5) is 17.3 Å². The van der Waals surface area contributed by atoms with Crippen LogP contribution in [0.5, 0.6) is 5.75 Å². The van der Waals surface area contributed by atoms with Crippen molar-refractivity contribution in [2.45, 2.75) is 85.0 Å². The topological polar surface area (TPSA) is 264 Å². The number of anilines is 3. The van der Waals surface area contributed by atoms with Gasteiger partial charge in [0, 0.05) is 37.2 Å². The van der Waals surface area contributed by atoms with Crippen LogP contribution in [-0.2, 0) is 31.0 Å². The lowest BCUT2D eigenvalue weighted by molar-refractivity contribution is -0.144. The Kier molecular flexibility index (Phi) is 15.0. The normalized spacial score (nSPS) is 15.6. The fourth-order valence-corrected chi connectivity index (χ4v) is 8.54. The molecule has 6 rings (SSSR count). The summed E-state index contributed by atoms with van der Waals surface area (Å²) in [6.45, 7) is 9.52. The molecule has 64 heavy (non-hydrogen) atoms. The van der Waals surface area contributed by atoms with E-state index in [9.17, 15) is 32.7 Å². The molecule has 1 aliphatic heterocycles. The van der Waals surface area contributed by atoms with Gasteiger partial charge in [-0.2, -0.15) is 5.10 Å². The number of H-pyrrole nitrogens is 1. The van der Waals surface area contributed by atoms with E-state index >= 15 is 0 Å². The van der Waals surface area contributed by atoms with Crippen molar-refractivity contribution < 1.29 is 37.4 Å². The number of likely N-dealkylation sites (tertiary alicyclic amines) is 1. The minimum Gasteiger partial charge on any atom is -0.492 e. The van der Waals surface area contributed by atoms with Crippen molar-refractivity contribution in [3.05, 3.63) is 89.2 Å². The number of nitrogens with two attached hydrogens (primary N) is 1. The molecular weight excluding hydrogens is 861 g/mol. The molecule has 4 amide bonds. The summed E-state index contributed by atoms with van der Waals surface area (Å²) in [7, 11) is -3.46. The molecule has 340 valence electrons. The van der Waals surface area contributed by atoms with E-state index in [1.165, 1.54) is 18.0 Å². The summed E-state index contributed by atoms with van der Waals surface area (Å²) in [5, 5.41) is 26.4. The van der Waals surface area contributed by atoms with E-state index in [4.69, 9.17) is 10.5 Å². The number of carbonyl (C=O) groups is 4. The number of thiazole rings is 1. The molecule has 1 saturated heterocycles. The van der Waals surface area contributed by atoms with E-state index in [1.807, 2.05) is 52.0 Å². The molecule has 0 radical (unpaired) electrons. The first-order valence-corrected chi connectivity index (χ1v) is 23.4. The summed E-state index contributed by atoms with van der Waals surface area (Å²) in [5.41, 5.74) is 11.1. The van der Waals surface area contributed by atoms with Gasteiger partial charge >= 0.3 is 0 Å². The lowest BCUT2D eigenvalue weighted by Crippen LogP contribution is -2.57. The zero-order valence-electron chi connectivity index (χ0n) is 36.3. The third kappa shape index (κ3) is 12.0. The Morgan fingerprint density at radius 3 is 2.36 bits per heavy atom. The number of aliphatic hydroxyl groups excluding tert-OH is 1. The van der Waals surface area contributed by atoms with Gasteiger partial charge in [-0.15, -0.1) is 11.3 Å². The van der Waals surface area contributed by atoms with Crippen LogP contribution in [-0.4, -0.2) is 99.3 Å². The van der Waals surface area contributed by atoms with Crippen LogP contribution in [0.2, 0.25) is 0 Å². The number of carbonyl (C=O) groups excluding carboxylic acids is 4. The number of aromatic amines is 1. The molecule has 0 aliphatic carbocycles. The molecule has 0 saturated carbocycles. The molecular formula is C44H54N10O8S2. The van der Waals surface area contributed by atoms with Gasteiger partial charge in [0.2, 0.25) is 27.7 Å². The predicted molar refractivity (Wildman–Crippen MR) is 244 cm³/mol. The number of hydrogen-bond acceptors (Lipinski definition) is 13. The second-order valence-electron chi connectivity index (χ2n) is 16.5. The fourth-order valence-electron chi connectivity index (χ4n) is 7.09. The number of sulfonamides is 1. The molecule has 4 heterocycles. The van der Waals surface area contributed by atoms with Crippen molar-refractivity contribution in [2.24, 2.45) is 11.1 Å². The van der Waals surface area contributed by atoms with E-state index in [-0.39, 0.29) is 61.5 Å². The number of unbranched alkanes of at least 4 members (excludes halogenated alkanes) is 1. The Morgan fingerprint density at radius 2 is 1.73 bits per heavy atom. The van der Waals surface area contributed by atoms with E-state index in [0.29, 0.717) is 41.4 Å². The highest BCUT2D eigenvalue weighted by Gasteiger charge is 2.44. The first-order chi connectivity index (χ1) is 30.4. The second-order valence-corrected chi connectivity index (χ2v) is 19.4. The quantitative estimate of drug-likeness (QED) is 0.0548. The molecule has 1 fully saturated rings. The van der Waals surface area contributed by atoms with Gasteiger partial charge in [0.05, 0.1) is 46.4 Å². The first kappa shape index (κ1) is 47.1. The van der Waals surface area contributed by atoms with Gasteiger partial charge in [-0.1, -0.05) is 57.2 Å². The van der Waals surface area contributed by atoms with Gasteiger partial charge in [-0.3, -0.25) is 29.0 Å².